The van der Waals surface area contributed by atoms with Crippen molar-refractivity contribution in [2.75, 3.05) is 6.61 Å². The summed E-state index contributed by atoms with van der Waals surface area (Å²) in [5, 5.41) is 0. The lowest BCUT2D eigenvalue weighted by Crippen LogP contribution is -2.08. The van der Waals surface area contributed by atoms with Crippen LogP contribution >= 0.6 is 0 Å². The first-order valence-corrected chi connectivity index (χ1v) is 6.26. The molecule has 98 valence electrons. The summed E-state index contributed by atoms with van der Waals surface area (Å²) in [5.41, 5.74) is 0.824. The molecule has 3 nitrogen and oxygen atoms in total. The average molecular weight is 256 g/mol. The van der Waals surface area contributed by atoms with E-state index in [4.69, 9.17) is 9.47 Å². The van der Waals surface area contributed by atoms with Crippen molar-refractivity contribution in [1.29, 1.82) is 0 Å². The summed E-state index contributed by atoms with van der Waals surface area (Å²) in [6.45, 7) is 2.19. The van der Waals surface area contributed by atoms with E-state index in [1.807, 2.05) is 54.6 Å². The molecule has 2 aromatic carbocycles. The Morgan fingerprint density at radius 1 is 1.00 bits per heavy atom. The molecular weight excluding hydrogens is 240 g/mol. The van der Waals surface area contributed by atoms with Crippen molar-refractivity contribution in [3.05, 3.63) is 60.2 Å². The minimum atomic E-state index is -0.244. The Kier molecular flexibility index (Phi) is 4.56. The molecule has 0 fully saturated rings. The van der Waals surface area contributed by atoms with E-state index in [-0.39, 0.29) is 12.4 Å². The predicted molar refractivity (Wildman–Crippen MR) is 73.3 cm³/mol. The van der Waals surface area contributed by atoms with Crippen molar-refractivity contribution in [2.24, 2.45) is 0 Å². The largest absolute Gasteiger partial charge is 0.466 e. The van der Waals surface area contributed by atoms with E-state index < -0.39 is 0 Å². The monoisotopic (exact) mass is 256 g/mol. The molecule has 0 unspecified atom stereocenters. The normalized spacial score (nSPS) is 9.95. The van der Waals surface area contributed by atoms with Gasteiger partial charge in [-0.15, -0.1) is 0 Å². The van der Waals surface area contributed by atoms with Crippen LogP contribution in [0.4, 0.5) is 0 Å². The molecule has 3 heteroatoms. The molecule has 2 aromatic rings. The third-order valence-corrected chi connectivity index (χ3v) is 2.58. The highest BCUT2D eigenvalue weighted by atomic mass is 16.5. The molecule has 0 aliphatic carbocycles. The Bertz CT molecular complexity index is 535. The van der Waals surface area contributed by atoms with Crippen LogP contribution in [0.3, 0.4) is 0 Å². The number of para-hydroxylation sites is 2. The van der Waals surface area contributed by atoms with Gasteiger partial charge in [0.05, 0.1) is 13.0 Å². The first-order valence-electron chi connectivity index (χ1n) is 6.26. The summed E-state index contributed by atoms with van der Waals surface area (Å²) in [4.78, 5) is 11.5. The van der Waals surface area contributed by atoms with E-state index in [2.05, 4.69) is 0 Å². The number of hydrogen-bond donors (Lipinski definition) is 0. The maximum atomic E-state index is 11.5. The van der Waals surface area contributed by atoms with Crippen LogP contribution < -0.4 is 4.74 Å². The standard InChI is InChI=1S/C16H16O3/c1-2-18-16(17)12-13-8-6-7-11-15(13)19-14-9-4-3-5-10-14/h3-11H,2,12H2,1H3. The van der Waals surface area contributed by atoms with Crippen LogP contribution in [0.15, 0.2) is 54.6 Å². The fraction of sp³-hybridized carbons (Fsp3) is 0.188. The van der Waals surface area contributed by atoms with E-state index >= 15 is 0 Å². The van der Waals surface area contributed by atoms with E-state index in [1.54, 1.807) is 6.92 Å². The molecule has 0 aliphatic rings. The molecular formula is C16H16O3. The summed E-state index contributed by atoms with van der Waals surface area (Å²) < 4.78 is 10.7. The van der Waals surface area contributed by atoms with Crippen LogP contribution in [-0.4, -0.2) is 12.6 Å². The molecule has 0 saturated carbocycles. The zero-order valence-corrected chi connectivity index (χ0v) is 10.8. The first-order chi connectivity index (χ1) is 9.29. The van der Waals surface area contributed by atoms with Gasteiger partial charge in [-0.25, -0.2) is 0 Å². The van der Waals surface area contributed by atoms with Crippen molar-refractivity contribution >= 4 is 5.97 Å². The van der Waals surface area contributed by atoms with Crippen molar-refractivity contribution < 1.29 is 14.3 Å². The third-order valence-electron chi connectivity index (χ3n) is 2.58. The summed E-state index contributed by atoms with van der Waals surface area (Å²) >= 11 is 0. The fourth-order valence-electron chi connectivity index (χ4n) is 1.73. The maximum absolute atomic E-state index is 11.5. The van der Waals surface area contributed by atoms with Crippen LogP contribution in [0.2, 0.25) is 0 Å². The smallest absolute Gasteiger partial charge is 0.310 e. The van der Waals surface area contributed by atoms with Gasteiger partial charge in [-0.3, -0.25) is 4.79 Å². The second kappa shape index (κ2) is 6.59. The van der Waals surface area contributed by atoms with Crippen LogP contribution in [0.25, 0.3) is 0 Å². The number of benzene rings is 2. The van der Waals surface area contributed by atoms with Gasteiger partial charge in [0.25, 0.3) is 0 Å². The molecule has 0 atom stereocenters. The van der Waals surface area contributed by atoms with Crippen LogP contribution in [0.1, 0.15) is 12.5 Å². The molecule has 0 amide bonds. The summed E-state index contributed by atoms with van der Waals surface area (Å²) in [6, 6.07) is 17.0. The number of hydrogen-bond acceptors (Lipinski definition) is 3. The van der Waals surface area contributed by atoms with Crippen molar-refractivity contribution in [3.8, 4) is 11.5 Å². The van der Waals surface area contributed by atoms with E-state index in [0.717, 1.165) is 11.3 Å². The van der Waals surface area contributed by atoms with Crippen molar-refractivity contribution in [3.63, 3.8) is 0 Å². The second-order valence-corrected chi connectivity index (χ2v) is 4.00. The molecule has 0 N–H and O–H groups in total. The average Bonchev–Trinajstić information content (AvgIpc) is 2.42. The van der Waals surface area contributed by atoms with Crippen molar-refractivity contribution in [2.45, 2.75) is 13.3 Å². The van der Waals surface area contributed by atoms with Gasteiger partial charge in [0.15, 0.2) is 0 Å². The van der Waals surface area contributed by atoms with E-state index in [0.29, 0.717) is 12.4 Å². The van der Waals surface area contributed by atoms with Crippen molar-refractivity contribution in [1.82, 2.24) is 0 Å². The predicted octanol–water partition coefficient (Wildman–Crippen LogP) is 3.58. The molecule has 0 aromatic heterocycles. The number of rotatable bonds is 5. The van der Waals surface area contributed by atoms with Crippen LogP contribution in [0, 0.1) is 0 Å². The molecule has 2 rings (SSSR count). The summed E-state index contributed by atoms with van der Waals surface area (Å²) in [7, 11) is 0. The first kappa shape index (κ1) is 13.1. The topological polar surface area (TPSA) is 35.5 Å². The van der Waals surface area contributed by atoms with Crippen LogP contribution in [-0.2, 0) is 16.0 Å². The Hall–Kier alpha value is -2.29. The van der Waals surface area contributed by atoms with Gasteiger partial charge in [-0.05, 0) is 25.1 Å². The number of carbonyl (C=O) groups excluding carboxylic acids is 1. The fourth-order valence-corrected chi connectivity index (χ4v) is 1.73. The Morgan fingerprint density at radius 2 is 1.68 bits per heavy atom. The molecule has 0 bridgehead atoms. The minimum Gasteiger partial charge on any atom is -0.466 e. The van der Waals surface area contributed by atoms with Gasteiger partial charge in [-0.2, -0.15) is 0 Å². The number of esters is 1. The number of carbonyl (C=O) groups is 1. The van der Waals surface area contributed by atoms with E-state index in [9.17, 15) is 4.79 Å². The third kappa shape index (κ3) is 3.85. The SMILES string of the molecule is CCOC(=O)Cc1ccccc1Oc1ccccc1. The Balaban J connectivity index is 2.14. The highest BCUT2D eigenvalue weighted by Gasteiger charge is 2.09. The van der Waals surface area contributed by atoms with Crippen LogP contribution in [0.5, 0.6) is 11.5 Å². The minimum absolute atomic E-state index is 0.219. The molecule has 0 spiro atoms. The van der Waals surface area contributed by atoms with E-state index in [1.165, 1.54) is 0 Å². The number of ether oxygens (including phenoxy) is 2. The molecule has 0 heterocycles. The van der Waals surface area contributed by atoms with Gasteiger partial charge in [0.1, 0.15) is 11.5 Å². The highest BCUT2D eigenvalue weighted by Crippen LogP contribution is 2.25. The zero-order chi connectivity index (χ0) is 13.5. The second-order valence-electron chi connectivity index (χ2n) is 4.00. The molecule has 0 aliphatic heterocycles. The van der Waals surface area contributed by atoms with Gasteiger partial charge >= 0.3 is 5.97 Å². The zero-order valence-electron chi connectivity index (χ0n) is 10.8. The lowest BCUT2D eigenvalue weighted by molar-refractivity contribution is -0.142. The highest BCUT2D eigenvalue weighted by molar-refractivity contribution is 5.73. The maximum Gasteiger partial charge on any atom is 0.310 e. The summed E-state index contributed by atoms with van der Waals surface area (Å²) in [5.74, 6) is 1.19. The Labute approximate surface area is 112 Å². The van der Waals surface area contributed by atoms with Gasteiger partial charge in [0, 0.05) is 5.56 Å². The molecule has 19 heavy (non-hydrogen) atoms. The lowest BCUT2D eigenvalue weighted by Gasteiger charge is -2.10. The quantitative estimate of drug-likeness (QED) is 0.767. The molecule has 0 radical (unpaired) electrons. The van der Waals surface area contributed by atoms with Gasteiger partial charge in [0.2, 0.25) is 0 Å². The lowest BCUT2D eigenvalue weighted by atomic mass is 10.1. The Morgan fingerprint density at radius 3 is 2.42 bits per heavy atom. The molecule has 0 saturated heterocycles. The van der Waals surface area contributed by atoms with Gasteiger partial charge < -0.3 is 9.47 Å². The summed E-state index contributed by atoms with van der Waals surface area (Å²) in [6.07, 6.45) is 0.219. The van der Waals surface area contributed by atoms with Gasteiger partial charge in [-0.1, -0.05) is 36.4 Å².